The number of ether oxygens (including phenoxy) is 1. The zero-order valence-corrected chi connectivity index (χ0v) is 14.8. The highest BCUT2D eigenvalue weighted by molar-refractivity contribution is 5.85. The second-order valence-corrected chi connectivity index (χ2v) is 6.02. The van der Waals surface area contributed by atoms with Crippen molar-refractivity contribution >= 4 is 18.5 Å². The van der Waals surface area contributed by atoms with Crippen molar-refractivity contribution in [3.8, 4) is 5.75 Å². The van der Waals surface area contributed by atoms with Gasteiger partial charge in [0, 0.05) is 5.56 Å². The van der Waals surface area contributed by atoms with Crippen LogP contribution in [-0.4, -0.2) is 26.1 Å². The average molecular weight is 330 g/mol. The summed E-state index contributed by atoms with van der Waals surface area (Å²) in [5, 5.41) is 0. The van der Waals surface area contributed by atoms with Crippen LogP contribution >= 0.6 is 12.4 Å². The van der Waals surface area contributed by atoms with E-state index in [0.29, 0.717) is 6.04 Å². The quantitative estimate of drug-likeness (QED) is 0.802. The van der Waals surface area contributed by atoms with Gasteiger partial charge in [0.05, 0.1) is 13.2 Å². The number of nitrogens with zero attached hydrogens (tertiary/aromatic N) is 1. The average Bonchev–Trinajstić information content (AvgIpc) is 2.55. The van der Waals surface area contributed by atoms with E-state index in [2.05, 4.69) is 73.6 Å². The Bertz CT molecular complexity index is 679. The van der Waals surface area contributed by atoms with Crippen LogP contribution in [-0.2, 0) is 6.42 Å². The van der Waals surface area contributed by atoms with E-state index in [1.54, 1.807) is 7.11 Å². The van der Waals surface area contributed by atoms with Crippen molar-refractivity contribution in [2.24, 2.45) is 0 Å². The minimum atomic E-state index is 0. The van der Waals surface area contributed by atoms with E-state index in [1.165, 1.54) is 22.3 Å². The number of methoxy groups -OCH3 is 1. The Balaban J connectivity index is 0.00000192. The Morgan fingerprint density at radius 1 is 0.957 bits per heavy atom. The summed E-state index contributed by atoms with van der Waals surface area (Å²) in [5.74, 6) is 1.01. The van der Waals surface area contributed by atoms with Gasteiger partial charge in [-0.1, -0.05) is 48.5 Å². The maximum absolute atomic E-state index is 5.50. The monoisotopic (exact) mass is 329 g/mol. The molecule has 3 heteroatoms. The first-order valence-electron chi connectivity index (χ1n) is 7.78. The van der Waals surface area contributed by atoms with Gasteiger partial charge in [-0.25, -0.2) is 0 Å². The normalized spacial score (nSPS) is 14.5. The van der Waals surface area contributed by atoms with E-state index in [4.69, 9.17) is 4.74 Å². The molecular formula is C20H24ClNO. The van der Waals surface area contributed by atoms with Crippen LogP contribution in [0.3, 0.4) is 0 Å². The molecule has 1 aliphatic carbocycles. The summed E-state index contributed by atoms with van der Waals surface area (Å²) in [6, 6.07) is 17.4. The van der Waals surface area contributed by atoms with Crippen molar-refractivity contribution in [2.45, 2.75) is 18.9 Å². The maximum atomic E-state index is 5.50. The van der Waals surface area contributed by atoms with Crippen LogP contribution in [0, 0.1) is 0 Å². The second kappa shape index (κ2) is 7.67. The summed E-state index contributed by atoms with van der Waals surface area (Å²) in [4.78, 5) is 2.30. The van der Waals surface area contributed by atoms with Crippen molar-refractivity contribution in [2.75, 3.05) is 21.2 Å². The van der Waals surface area contributed by atoms with Gasteiger partial charge in [0.1, 0.15) is 5.75 Å². The molecule has 0 bridgehead atoms. The minimum absolute atomic E-state index is 0. The van der Waals surface area contributed by atoms with Crippen LogP contribution in [0.1, 0.15) is 29.2 Å². The summed E-state index contributed by atoms with van der Waals surface area (Å²) in [5.41, 5.74) is 5.45. The van der Waals surface area contributed by atoms with Gasteiger partial charge in [-0.3, -0.25) is 4.90 Å². The molecule has 3 rings (SSSR count). The van der Waals surface area contributed by atoms with Crippen molar-refractivity contribution < 1.29 is 4.74 Å². The number of benzene rings is 2. The molecule has 0 saturated carbocycles. The molecule has 122 valence electrons. The van der Waals surface area contributed by atoms with Crippen molar-refractivity contribution in [3.63, 3.8) is 0 Å². The van der Waals surface area contributed by atoms with E-state index in [9.17, 15) is 0 Å². The molecule has 2 nitrogen and oxygen atoms in total. The molecule has 0 N–H and O–H groups in total. The Morgan fingerprint density at radius 2 is 1.70 bits per heavy atom. The molecule has 0 spiro atoms. The van der Waals surface area contributed by atoms with Gasteiger partial charge in [-0.15, -0.1) is 12.4 Å². The molecule has 0 radical (unpaired) electrons. The predicted molar refractivity (Wildman–Crippen MR) is 99.4 cm³/mol. The van der Waals surface area contributed by atoms with Gasteiger partial charge in [-0.05, 0) is 49.7 Å². The molecule has 0 saturated heterocycles. The molecule has 2 aromatic carbocycles. The third-order valence-corrected chi connectivity index (χ3v) is 4.38. The van der Waals surface area contributed by atoms with E-state index in [0.717, 1.165) is 18.6 Å². The maximum Gasteiger partial charge on any atom is 0.122 e. The molecule has 0 amide bonds. The van der Waals surface area contributed by atoms with Gasteiger partial charge in [0.25, 0.3) is 0 Å². The van der Waals surface area contributed by atoms with Crippen LogP contribution in [0.4, 0.5) is 0 Å². The highest BCUT2D eigenvalue weighted by Crippen LogP contribution is 2.37. The Kier molecular flexibility index (Phi) is 5.86. The van der Waals surface area contributed by atoms with Gasteiger partial charge in [-0.2, -0.15) is 0 Å². The number of hydrogen-bond donors (Lipinski definition) is 0. The Labute approximate surface area is 145 Å². The van der Waals surface area contributed by atoms with Crippen molar-refractivity contribution in [1.82, 2.24) is 4.90 Å². The fourth-order valence-corrected chi connectivity index (χ4v) is 3.41. The molecule has 1 unspecified atom stereocenters. The fraction of sp³-hybridized carbons (Fsp3) is 0.300. The smallest absolute Gasteiger partial charge is 0.122 e. The Morgan fingerprint density at radius 3 is 2.35 bits per heavy atom. The first-order chi connectivity index (χ1) is 10.7. The van der Waals surface area contributed by atoms with E-state index < -0.39 is 0 Å². The van der Waals surface area contributed by atoms with E-state index in [-0.39, 0.29) is 12.4 Å². The van der Waals surface area contributed by atoms with Crippen molar-refractivity contribution in [3.05, 3.63) is 70.8 Å². The molecule has 0 aromatic heterocycles. The van der Waals surface area contributed by atoms with Gasteiger partial charge in [0.2, 0.25) is 0 Å². The number of hydrogen-bond acceptors (Lipinski definition) is 2. The number of halogens is 1. The van der Waals surface area contributed by atoms with Gasteiger partial charge >= 0.3 is 0 Å². The lowest BCUT2D eigenvalue weighted by molar-refractivity contribution is 0.331. The number of rotatable bonds is 4. The third-order valence-electron chi connectivity index (χ3n) is 4.38. The summed E-state index contributed by atoms with van der Waals surface area (Å²) in [7, 11) is 6.06. The molecule has 2 aromatic rings. The highest BCUT2D eigenvalue weighted by Gasteiger charge is 2.23. The third kappa shape index (κ3) is 3.60. The summed E-state index contributed by atoms with van der Waals surface area (Å²) in [6.45, 7) is 0. The first-order valence-corrected chi connectivity index (χ1v) is 7.78. The predicted octanol–water partition coefficient (Wildman–Crippen LogP) is 4.75. The molecular weight excluding hydrogens is 306 g/mol. The summed E-state index contributed by atoms with van der Waals surface area (Å²) in [6.07, 6.45) is 4.46. The SMILES string of the molecule is COc1cccc2c1CCC(C(c1ccccc1)N(C)C)=C2.Cl. The van der Waals surface area contributed by atoms with Crippen LogP contribution in [0.2, 0.25) is 0 Å². The fourth-order valence-electron chi connectivity index (χ4n) is 3.41. The van der Waals surface area contributed by atoms with Crippen LogP contribution < -0.4 is 4.74 Å². The number of likely N-dealkylation sites (N-methyl/N-ethyl adjacent to an activating group) is 1. The van der Waals surface area contributed by atoms with Crippen LogP contribution in [0.15, 0.2) is 54.1 Å². The van der Waals surface area contributed by atoms with E-state index >= 15 is 0 Å². The largest absolute Gasteiger partial charge is 0.496 e. The van der Waals surface area contributed by atoms with Gasteiger partial charge < -0.3 is 4.74 Å². The Hall–Kier alpha value is -1.77. The topological polar surface area (TPSA) is 12.5 Å². The van der Waals surface area contributed by atoms with Crippen LogP contribution in [0.25, 0.3) is 6.08 Å². The zero-order valence-electron chi connectivity index (χ0n) is 14.0. The summed E-state index contributed by atoms with van der Waals surface area (Å²) < 4.78 is 5.50. The molecule has 0 aliphatic heterocycles. The molecule has 1 aliphatic rings. The lowest BCUT2D eigenvalue weighted by Gasteiger charge is -2.30. The summed E-state index contributed by atoms with van der Waals surface area (Å²) >= 11 is 0. The lowest BCUT2D eigenvalue weighted by Crippen LogP contribution is -2.23. The first kappa shape index (κ1) is 17.6. The zero-order chi connectivity index (χ0) is 15.5. The molecule has 23 heavy (non-hydrogen) atoms. The molecule has 1 atom stereocenters. The van der Waals surface area contributed by atoms with Crippen molar-refractivity contribution in [1.29, 1.82) is 0 Å². The standard InChI is InChI=1S/C20H23NO.ClH/c1-21(2)20(15-8-5-4-6-9-15)17-12-13-18-16(14-17)10-7-11-19(18)22-3;/h4-11,14,20H,12-13H2,1-3H3;1H. The van der Waals surface area contributed by atoms with E-state index in [1.807, 2.05) is 0 Å². The second-order valence-electron chi connectivity index (χ2n) is 6.02. The van der Waals surface area contributed by atoms with Gasteiger partial charge in [0.15, 0.2) is 0 Å². The minimum Gasteiger partial charge on any atom is -0.496 e. The lowest BCUT2D eigenvalue weighted by atomic mass is 9.85. The molecule has 0 heterocycles. The van der Waals surface area contributed by atoms with Crippen LogP contribution in [0.5, 0.6) is 5.75 Å². The molecule has 0 fully saturated rings. The highest BCUT2D eigenvalue weighted by atomic mass is 35.5. The number of fused-ring (bicyclic) bond motifs is 1.